The summed E-state index contributed by atoms with van der Waals surface area (Å²) in [7, 11) is 1.99. The smallest absolute Gasteiger partial charge is 0.0492 e. The van der Waals surface area contributed by atoms with Crippen molar-refractivity contribution >= 4 is 0 Å². The summed E-state index contributed by atoms with van der Waals surface area (Å²) in [4.78, 5) is 0. The summed E-state index contributed by atoms with van der Waals surface area (Å²) < 4.78 is 1.94. The van der Waals surface area contributed by atoms with E-state index in [1.165, 1.54) is 17.7 Å². The zero-order chi connectivity index (χ0) is 13.5. The second-order valence-electron chi connectivity index (χ2n) is 5.05. The molecule has 3 nitrogen and oxygen atoms in total. The molecule has 0 aliphatic heterocycles. The van der Waals surface area contributed by atoms with Gasteiger partial charge in [-0.3, -0.25) is 4.68 Å². The van der Waals surface area contributed by atoms with Crippen LogP contribution in [0.5, 0.6) is 0 Å². The SMILES string of the molecule is CC(CCNCCc1ccnn1C)c1ccccc1. The van der Waals surface area contributed by atoms with Crippen molar-refractivity contribution in [2.24, 2.45) is 7.05 Å². The Balaban J connectivity index is 1.63. The van der Waals surface area contributed by atoms with E-state index in [0.29, 0.717) is 5.92 Å². The second-order valence-corrected chi connectivity index (χ2v) is 5.05. The molecule has 1 unspecified atom stereocenters. The summed E-state index contributed by atoms with van der Waals surface area (Å²) in [6.07, 6.45) is 4.07. The average molecular weight is 257 g/mol. The van der Waals surface area contributed by atoms with Gasteiger partial charge in [0.25, 0.3) is 0 Å². The molecular formula is C16H23N3. The molecule has 0 bridgehead atoms. The highest BCUT2D eigenvalue weighted by Crippen LogP contribution is 2.17. The molecule has 1 atom stereocenters. The van der Waals surface area contributed by atoms with Crippen molar-refractivity contribution in [3.05, 3.63) is 53.9 Å². The molecule has 0 saturated heterocycles. The first kappa shape index (κ1) is 13.8. The Kier molecular flexibility index (Phi) is 5.16. The Morgan fingerprint density at radius 3 is 2.63 bits per heavy atom. The van der Waals surface area contributed by atoms with E-state index in [4.69, 9.17) is 0 Å². The van der Waals surface area contributed by atoms with E-state index < -0.39 is 0 Å². The Morgan fingerprint density at radius 2 is 1.95 bits per heavy atom. The molecule has 102 valence electrons. The minimum atomic E-state index is 0.616. The molecule has 0 aliphatic carbocycles. The first-order chi connectivity index (χ1) is 9.27. The van der Waals surface area contributed by atoms with Gasteiger partial charge in [0, 0.05) is 31.9 Å². The maximum atomic E-state index is 4.17. The van der Waals surface area contributed by atoms with Crippen LogP contribution in [0.15, 0.2) is 42.6 Å². The van der Waals surface area contributed by atoms with Gasteiger partial charge in [-0.1, -0.05) is 37.3 Å². The van der Waals surface area contributed by atoms with Crippen LogP contribution < -0.4 is 5.32 Å². The topological polar surface area (TPSA) is 29.9 Å². The van der Waals surface area contributed by atoms with Crippen molar-refractivity contribution in [3.63, 3.8) is 0 Å². The highest BCUT2D eigenvalue weighted by Gasteiger charge is 2.04. The molecule has 3 heteroatoms. The Morgan fingerprint density at radius 1 is 1.16 bits per heavy atom. The number of hydrogen-bond acceptors (Lipinski definition) is 2. The van der Waals surface area contributed by atoms with Crippen LogP contribution >= 0.6 is 0 Å². The van der Waals surface area contributed by atoms with Crippen LogP contribution in [0, 0.1) is 0 Å². The number of hydrogen-bond donors (Lipinski definition) is 1. The van der Waals surface area contributed by atoms with Crippen molar-refractivity contribution in [3.8, 4) is 0 Å². The molecule has 1 heterocycles. The highest BCUT2D eigenvalue weighted by atomic mass is 15.3. The Bertz CT molecular complexity index is 476. The number of rotatable bonds is 7. The molecule has 19 heavy (non-hydrogen) atoms. The minimum Gasteiger partial charge on any atom is -0.316 e. The van der Waals surface area contributed by atoms with E-state index in [2.05, 4.69) is 53.7 Å². The van der Waals surface area contributed by atoms with Crippen molar-refractivity contribution in [2.45, 2.75) is 25.7 Å². The number of aromatic nitrogens is 2. The normalized spacial score (nSPS) is 12.5. The quantitative estimate of drug-likeness (QED) is 0.773. The average Bonchev–Trinajstić information content (AvgIpc) is 2.85. The number of benzene rings is 1. The van der Waals surface area contributed by atoms with E-state index in [1.807, 2.05) is 17.9 Å². The van der Waals surface area contributed by atoms with Crippen molar-refractivity contribution in [1.29, 1.82) is 0 Å². The standard InChI is InChI=1S/C16H23N3/c1-14(15-6-4-3-5-7-15)8-11-17-12-9-16-10-13-18-19(16)2/h3-7,10,13-14,17H,8-9,11-12H2,1-2H3. The lowest BCUT2D eigenvalue weighted by Gasteiger charge is -2.12. The summed E-state index contributed by atoms with van der Waals surface area (Å²) in [6.45, 7) is 4.37. The molecule has 0 aliphatic rings. The number of nitrogens with zero attached hydrogens (tertiary/aromatic N) is 2. The third kappa shape index (κ3) is 4.21. The zero-order valence-corrected chi connectivity index (χ0v) is 11.8. The lowest BCUT2D eigenvalue weighted by molar-refractivity contribution is 0.584. The maximum absolute atomic E-state index is 4.17. The summed E-state index contributed by atoms with van der Waals surface area (Å²) >= 11 is 0. The van der Waals surface area contributed by atoms with Gasteiger partial charge in [0.05, 0.1) is 0 Å². The Labute approximate surface area is 115 Å². The number of nitrogens with one attached hydrogen (secondary N) is 1. The predicted octanol–water partition coefficient (Wildman–Crippen LogP) is 2.75. The van der Waals surface area contributed by atoms with Crippen LogP contribution in [-0.4, -0.2) is 22.9 Å². The summed E-state index contributed by atoms with van der Waals surface area (Å²) in [5.41, 5.74) is 2.71. The third-order valence-electron chi connectivity index (χ3n) is 3.60. The largest absolute Gasteiger partial charge is 0.316 e. The van der Waals surface area contributed by atoms with E-state index in [-0.39, 0.29) is 0 Å². The van der Waals surface area contributed by atoms with Crippen LogP contribution in [0.1, 0.15) is 30.5 Å². The summed E-state index contributed by atoms with van der Waals surface area (Å²) in [6, 6.07) is 12.8. The van der Waals surface area contributed by atoms with Gasteiger partial charge < -0.3 is 5.32 Å². The molecule has 0 fully saturated rings. The summed E-state index contributed by atoms with van der Waals surface area (Å²) in [5, 5.41) is 7.68. The van der Waals surface area contributed by atoms with Gasteiger partial charge in [0.1, 0.15) is 0 Å². The fourth-order valence-electron chi connectivity index (χ4n) is 2.25. The second kappa shape index (κ2) is 7.10. The van der Waals surface area contributed by atoms with E-state index >= 15 is 0 Å². The molecule has 1 aromatic carbocycles. The van der Waals surface area contributed by atoms with E-state index in [9.17, 15) is 0 Å². The van der Waals surface area contributed by atoms with Crippen molar-refractivity contribution in [2.75, 3.05) is 13.1 Å². The molecule has 0 radical (unpaired) electrons. The Hall–Kier alpha value is -1.61. The van der Waals surface area contributed by atoms with Crippen LogP contribution in [0.4, 0.5) is 0 Å². The zero-order valence-electron chi connectivity index (χ0n) is 11.8. The van der Waals surface area contributed by atoms with Gasteiger partial charge in [0.2, 0.25) is 0 Å². The first-order valence-corrected chi connectivity index (χ1v) is 7.00. The molecule has 0 spiro atoms. The van der Waals surface area contributed by atoms with Gasteiger partial charge in [-0.2, -0.15) is 5.10 Å². The molecule has 0 amide bonds. The van der Waals surface area contributed by atoms with Crippen molar-refractivity contribution < 1.29 is 0 Å². The number of aryl methyl sites for hydroxylation is 1. The third-order valence-corrected chi connectivity index (χ3v) is 3.60. The molecule has 0 saturated carbocycles. The highest BCUT2D eigenvalue weighted by molar-refractivity contribution is 5.18. The van der Waals surface area contributed by atoms with Gasteiger partial charge in [0.15, 0.2) is 0 Å². The lowest BCUT2D eigenvalue weighted by Crippen LogP contribution is -2.20. The van der Waals surface area contributed by atoms with Crippen molar-refractivity contribution in [1.82, 2.24) is 15.1 Å². The maximum Gasteiger partial charge on any atom is 0.0492 e. The van der Waals surface area contributed by atoms with E-state index in [1.54, 1.807) is 0 Å². The van der Waals surface area contributed by atoms with Crippen LogP contribution in [0.25, 0.3) is 0 Å². The lowest BCUT2D eigenvalue weighted by atomic mass is 9.98. The predicted molar refractivity (Wildman–Crippen MR) is 79.3 cm³/mol. The molecular weight excluding hydrogens is 234 g/mol. The van der Waals surface area contributed by atoms with Crippen LogP contribution in [0.3, 0.4) is 0 Å². The molecule has 1 N–H and O–H groups in total. The fraction of sp³-hybridized carbons (Fsp3) is 0.438. The first-order valence-electron chi connectivity index (χ1n) is 7.00. The monoisotopic (exact) mass is 257 g/mol. The summed E-state index contributed by atoms with van der Waals surface area (Å²) in [5.74, 6) is 0.616. The van der Waals surface area contributed by atoms with E-state index in [0.717, 1.165) is 19.5 Å². The van der Waals surface area contributed by atoms with Gasteiger partial charge in [-0.25, -0.2) is 0 Å². The molecule has 2 aromatic rings. The molecule has 2 rings (SSSR count). The fourth-order valence-corrected chi connectivity index (χ4v) is 2.25. The van der Waals surface area contributed by atoms with Crippen LogP contribution in [0.2, 0.25) is 0 Å². The van der Waals surface area contributed by atoms with Gasteiger partial charge in [-0.05, 0) is 30.5 Å². The van der Waals surface area contributed by atoms with Crippen LogP contribution in [-0.2, 0) is 13.5 Å². The minimum absolute atomic E-state index is 0.616. The van der Waals surface area contributed by atoms with Gasteiger partial charge >= 0.3 is 0 Å². The molecule has 1 aromatic heterocycles. The van der Waals surface area contributed by atoms with Gasteiger partial charge in [-0.15, -0.1) is 0 Å².